The van der Waals surface area contributed by atoms with E-state index in [1.54, 1.807) is 12.1 Å². The molecule has 0 saturated heterocycles. The largest absolute Gasteiger partial charge is 0.372 e. The van der Waals surface area contributed by atoms with E-state index in [9.17, 15) is 14.4 Å². The fourth-order valence-corrected chi connectivity index (χ4v) is 3.79. The number of hydrogen-bond donors (Lipinski definition) is 1. The van der Waals surface area contributed by atoms with Crippen LogP contribution in [-0.4, -0.2) is 23.6 Å². The number of hydrogen-bond acceptors (Lipinski definition) is 3. The van der Waals surface area contributed by atoms with Gasteiger partial charge in [-0.3, -0.25) is 4.79 Å². The van der Waals surface area contributed by atoms with Crippen LogP contribution in [0.3, 0.4) is 0 Å². The van der Waals surface area contributed by atoms with Crippen molar-refractivity contribution in [2.75, 3.05) is 23.3 Å². The zero-order valence-corrected chi connectivity index (χ0v) is 18.8. The highest BCUT2D eigenvalue weighted by Crippen LogP contribution is 2.25. The lowest BCUT2D eigenvalue weighted by Crippen LogP contribution is -2.21. The predicted molar refractivity (Wildman–Crippen MR) is 127 cm³/mol. The first-order valence-electron chi connectivity index (χ1n) is 10.6. The number of halogens is 1. The molecule has 0 radical (unpaired) electrons. The first-order valence-corrected chi connectivity index (χ1v) is 10.6. The van der Waals surface area contributed by atoms with E-state index in [0.29, 0.717) is 0 Å². The van der Waals surface area contributed by atoms with Gasteiger partial charge in [0.15, 0.2) is 0 Å². The number of nitrogens with one attached hydrogen (secondary N) is 1. The molecule has 1 N–H and O–H groups in total. The van der Waals surface area contributed by atoms with Crippen LogP contribution in [0.2, 0.25) is 0 Å². The van der Waals surface area contributed by atoms with Crippen molar-refractivity contribution in [3.05, 3.63) is 82.9 Å². The average Bonchev–Trinajstić information content (AvgIpc) is 3.07. The summed E-state index contributed by atoms with van der Waals surface area (Å²) in [7, 11) is 0. The van der Waals surface area contributed by atoms with Crippen LogP contribution in [0.15, 0.2) is 60.2 Å². The molecular formula is C26H27FN4O. The molecule has 1 amide bonds. The minimum Gasteiger partial charge on any atom is -0.372 e. The second kappa shape index (κ2) is 9.97. The summed E-state index contributed by atoms with van der Waals surface area (Å²) < 4.78 is 15.9. The van der Waals surface area contributed by atoms with E-state index in [1.165, 1.54) is 18.2 Å². The first kappa shape index (κ1) is 22.8. The number of amides is 1. The Kier molecular flexibility index (Phi) is 7.11. The van der Waals surface area contributed by atoms with Crippen molar-refractivity contribution in [3.8, 4) is 11.8 Å². The average molecular weight is 431 g/mol. The molecule has 0 atom stereocenters. The van der Waals surface area contributed by atoms with Crippen LogP contribution >= 0.6 is 0 Å². The SMILES string of the molecule is CCN(CC)c1ccc(-n2c(C)cc(/C=C(/C#N)C(=O)Nc3ccccc3F)c2C)cc1. The molecule has 0 aliphatic carbocycles. The lowest BCUT2D eigenvalue weighted by atomic mass is 10.1. The van der Waals surface area contributed by atoms with Crippen LogP contribution < -0.4 is 10.2 Å². The second-order valence-corrected chi connectivity index (χ2v) is 7.45. The topological polar surface area (TPSA) is 61.1 Å². The van der Waals surface area contributed by atoms with Gasteiger partial charge >= 0.3 is 0 Å². The van der Waals surface area contributed by atoms with E-state index >= 15 is 0 Å². The van der Waals surface area contributed by atoms with Gasteiger partial charge in [0.25, 0.3) is 5.91 Å². The predicted octanol–water partition coefficient (Wildman–Crippen LogP) is 5.63. The van der Waals surface area contributed by atoms with Gasteiger partial charge in [0.1, 0.15) is 17.5 Å². The summed E-state index contributed by atoms with van der Waals surface area (Å²) in [5.41, 5.74) is 4.77. The van der Waals surface area contributed by atoms with E-state index in [0.717, 1.165) is 41.4 Å². The summed E-state index contributed by atoms with van der Waals surface area (Å²) in [5, 5.41) is 12.0. The van der Waals surface area contributed by atoms with Gasteiger partial charge in [-0.2, -0.15) is 5.26 Å². The fourth-order valence-electron chi connectivity index (χ4n) is 3.79. The van der Waals surface area contributed by atoms with Gasteiger partial charge in [0, 0.05) is 35.9 Å². The molecule has 0 bridgehead atoms. The van der Waals surface area contributed by atoms with Crippen molar-refractivity contribution in [1.82, 2.24) is 4.57 Å². The number of rotatable bonds is 7. The van der Waals surface area contributed by atoms with Gasteiger partial charge in [0.2, 0.25) is 0 Å². The summed E-state index contributed by atoms with van der Waals surface area (Å²) in [4.78, 5) is 14.8. The molecule has 1 aromatic heterocycles. The third-order valence-electron chi connectivity index (χ3n) is 5.49. The number of para-hydroxylation sites is 1. The normalized spacial score (nSPS) is 11.2. The smallest absolute Gasteiger partial charge is 0.266 e. The number of nitriles is 1. The summed E-state index contributed by atoms with van der Waals surface area (Å²) in [5.74, 6) is -1.20. The lowest BCUT2D eigenvalue weighted by Gasteiger charge is -2.21. The Morgan fingerprint density at radius 2 is 1.78 bits per heavy atom. The summed E-state index contributed by atoms with van der Waals surface area (Å²) in [6, 6.07) is 18.1. The molecule has 3 aromatic rings. The van der Waals surface area contributed by atoms with Crippen molar-refractivity contribution in [1.29, 1.82) is 5.26 Å². The van der Waals surface area contributed by atoms with Crippen molar-refractivity contribution < 1.29 is 9.18 Å². The van der Waals surface area contributed by atoms with E-state index in [1.807, 2.05) is 26.0 Å². The maximum absolute atomic E-state index is 13.9. The number of aryl methyl sites for hydroxylation is 1. The maximum atomic E-state index is 13.9. The van der Waals surface area contributed by atoms with Gasteiger partial charge < -0.3 is 14.8 Å². The van der Waals surface area contributed by atoms with E-state index in [2.05, 4.69) is 52.9 Å². The highest BCUT2D eigenvalue weighted by atomic mass is 19.1. The standard InChI is InChI=1S/C26H27FN4O/c1-5-30(6-2)22-11-13-23(14-12-22)31-18(3)15-20(19(31)4)16-21(17-28)26(32)29-25-10-8-7-9-24(25)27/h7-16H,5-6H2,1-4H3,(H,29,32)/b21-16-. The molecule has 0 saturated carbocycles. The molecule has 0 aliphatic heterocycles. The van der Waals surface area contributed by atoms with Crippen molar-refractivity contribution >= 4 is 23.4 Å². The second-order valence-electron chi connectivity index (χ2n) is 7.45. The molecule has 6 heteroatoms. The van der Waals surface area contributed by atoms with Crippen LogP contribution in [0.25, 0.3) is 11.8 Å². The molecule has 0 fully saturated rings. The van der Waals surface area contributed by atoms with E-state index < -0.39 is 11.7 Å². The monoisotopic (exact) mass is 430 g/mol. The Morgan fingerprint density at radius 1 is 1.12 bits per heavy atom. The summed E-state index contributed by atoms with van der Waals surface area (Å²) in [6.07, 6.45) is 1.54. The fraction of sp³-hybridized carbons (Fsp3) is 0.231. The lowest BCUT2D eigenvalue weighted by molar-refractivity contribution is -0.112. The van der Waals surface area contributed by atoms with Crippen LogP contribution in [0.1, 0.15) is 30.8 Å². The zero-order chi connectivity index (χ0) is 23.3. The molecule has 3 rings (SSSR count). The Balaban J connectivity index is 1.90. The molecule has 0 aliphatic rings. The van der Waals surface area contributed by atoms with E-state index in [4.69, 9.17) is 0 Å². The zero-order valence-electron chi connectivity index (χ0n) is 18.8. The Bertz CT molecular complexity index is 1180. The minimum atomic E-state index is -0.647. The van der Waals surface area contributed by atoms with E-state index in [-0.39, 0.29) is 11.3 Å². The molecular weight excluding hydrogens is 403 g/mol. The number of nitrogens with zero attached hydrogens (tertiary/aromatic N) is 3. The van der Waals surface area contributed by atoms with Crippen molar-refractivity contribution in [3.63, 3.8) is 0 Å². The molecule has 0 spiro atoms. The van der Waals surface area contributed by atoms with Crippen LogP contribution in [0.5, 0.6) is 0 Å². The Morgan fingerprint density at radius 3 is 2.38 bits per heavy atom. The van der Waals surface area contributed by atoms with Crippen molar-refractivity contribution in [2.24, 2.45) is 0 Å². The van der Waals surface area contributed by atoms with Crippen LogP contribution in [0, 0.1) is 31.0 Å². The molecule has 5 nitrogen and oxygen atoms in total. The molecule has 32 heavy (non-hydrogen) atoms. The van der Waals surface area contributed by atoms with Crippen molar-refractivity contribution in [2.45, 2.75) is 27.7 Å². The van der Waals surface area contributed by atoms with Crippen LogP contribution in [0.4, 0.5) is 15.8 Å². The Hall–Kier alpha value is -3.85. The van der Waals surface area contributed by atoms with Gasteiger partial charge in [0.05, 0.1) is 5.69 Å². The highest BCUT2D eigenvalue weighted by Gasteiger charge is 2.15. The minimum absolute atomic E-state index is 0.0393. The van der Waals surface area contributed by atoms with Crippen LogP contribution in [-0.2, 0) is 4.79 Å². The highest BCUT2D eigenvalue weighted by molar-refractivity contribution is 6.09. The quantitative estimate of drug-likeness (QED) is 0.391. The number of benzene rings is 2. The van der Waals surface area contributed by atoms with Gasteiger partial charge in [-0.05, 0) is 81.8 Å². The van der Waals surface area contributed by atoms with Gasteiger partial charge in [-0.15, -0.1) is 0 Å². The third-order valence-corrected chi connectivity index (χ3v) is 5.49. The van der Waals surface area contributed by atoms with Gasteiger partial charge in [-0.25, -0.2) is 4.39 Å². The summed E-state index contributed by atoms with van der Waals surface area (Å²) >= 11 is 0. The Labute approximate surface area is 188 Å². The van der Waals surface area contributed by atoms with Gasteiger partial charge in [-0.1, -0.05) is 12.1 Å². The molecule has 0 unspecified atom stereocenters. The molecule has 164 valence electrons. The number of carbonyl (C=O) groups excluding carboxylic acids is 1. The number of aromatic nitrogens is 1. The third kappa shape index (κ3) is 4.73. The maximum Gasteiger partial charge on any atom is 0.266 e. The molecule has 1 heterocycles. The number of carbonyl (C=O) groups is 1. The number of anilines is 2. The first-order chi connectivity index (χ1) is 15.4. The molecule has 2 aromatic carbocycles. The summed E-state index contributed by atoms with van der Waals surface area (Å²) in [6.45, 7) is 10.1.